The third-order valence-electron chi connectivity index (χ3n) is 2.77. The molecule has 2 rings (SSSR count). The van der Waals surface area contributed by atoms with Crippen molar-refractivity contribution in [3.8, 4) is 5.88 Å². The molecule has 0 aliphatic carbocycles. The van der Waals surface area contributed by atoms with Gasteiger partial charge in [0, 0.05) is 30.5 Å². The fourth-order valence-electron chi connectivity index (χ4n) is 1.69. The van der Waals surface area contributed by atoms with Gasteiger partial charge in [0.15, 0.2) is 0 Å². The van der Waals surface area contributed by atoms with Gasteiger partial charge in [-0.15, -0.1) is 11.3 Å². The SMILES string of the molecule is COC(=O)CCc1csc(Cc2ccc(OC)nc2)n1. The number of methoxy groups -OCH3 is 2. The molecule has 0 radical (unpaired) electrons. The van der Waals surface area contributed by atoms with Gasteiger partial charge in [0.25, 0.3) is 0 Å². The van der Waals surface area contributed by atoms with Gasteiger partial charge in [0.05, 0.1) is 31.3 Å². The quantitative estimate of drug-likeness (QED) is 0.764. The summed E-state index contributed by atoms with van der Waals surface area (Å²) in [6.07, 6.45) is 3.50. The Morgan fingerprint density at radius 1 is 1.35 bits per heavy atom. The topological polar surface area (TPSA) is 61.3 Å². The first kappa shape index (κ1) is 14.5. The number of hydrogen-bond donors (Lipinski definition) is 0. The number of esters is 1. The van der Waals surface area contributed by atoms with E-state index in [1.54, 1.807) is 24.6 Å². The van der Waals surface area contributed by atoms with Gasteiger partial charge in [-0.05, 0) is 5.56 Å². The Morgan fingerprint density at radius 2 is 2.20 bits per heavy atom. The highest BCUT2D eigenvalue weighted by molar-refractivity contribution is 7.09. The van der Waals surface area contributed by atoms with Crippen LogP contribution in [0.4, 0.5) is 0 Å². The Morgan fingerprint density at radius 3 is 2.85 bits per heavy atom. The predicted octanol–water partition coefficient (Wildman–Crippen LogP) is 2.24. The molecule has 2 aromatic heterocycles. The van der Waals surface area contributed by atoms with Crippen LogP contribution in [0.3, 0.4) is 0 Å². The van der Waals surface area contributed by atoms with Crippen LogP contribution in [0.15, 0.2) is 23.7 Å². The molecule has 0 saturated heterocycles. The first-order chi connectivity index (χ1) is 9.71. The van der Waals surface area contributed by atoms with Crippen molar-refractivity contribution in [3.63, 3.8) is 0 Å². The summed E-state index contributed by atoms with van der Waals surface area (Å²) in [5, 5.41) is 2.99. The van der Waals surface area contributed by atoms with E-state index in [0.717, 1.165) is 22.7 Å². The summed E-state index contributed by atoms with van der Waals surface area (Å²) in [4.78, 5) is 19.7. The molecule has 0 amide bonds. The van der Waals surface area contributed by atoms with Crippen LogP contribution in [0.5, 0.6) is 5.88 Å². The van der Waals surface area contributed by atoms with E-state index in [9.17, 15) is 4.79 Å². The third kappa shape index (κ3) is 4.03. The molecule has 0 bridgehead atoms. The Kier molecular flexibility index (Phi) is 5.06. The zero-order chi connectivity index (χ0) is 14.4. The minimum absolute atomic E-state index is 0.209. The van der Waals surface area contributed by atoms with E-state index >= 15 is 0 Å². The molecule has 20 heavy (non-hydrogen) atoms. The van der Waals surface area contributed by atoms with Crippen LogP contribution < -0.4 is 4.74 Å². The lowest BCUT2D eigenvalue weighted by Gasteiger charge is -2.00. The molecular weight excluding hydrogens is 276 g/mol. The lowest BCUT2D eigenvalue weighted by molar-refractivity contribution is -0.140. The van der Waals surface area contributed by atoms with Gasteiger partial charge in [0.2, 0.25) is 5.88 Å². The number of pyridine rings is 1. The van der Waals surface area contributed by atoms with Crippen LogP contribution in [0.1, 0.15) is 22.7 Å². The summed E-state index contributed by atoms with van der Waals surface area (Å²) in [5.74, 6) is 0.394. The van der Waals surface area contributed by atoms with E-state index in [2.05, 4.69) is 14.7 Å². The summed E-state index contributed by atoms with van der Waals surface area (Å²) in [7, 11) is 2.99. The third-order valence-corrected chi connectivity index (χ3v) is 3.67. The predicted molar refractivity (Wildman–Crippen MR) is 76.0 cm³/mol. The van der Waals surface area contributed by atoms with Gasteiger partial charge in [-0.3, -0.25) is 4.79 Å². The number of ether oxygens (including phenoxy) is 2. The first-order valence-corrected chi connectivity index (χ1v) is 7.08. The maximum atomic E-state index is 11.1. The zero-order valence-corrected chi connectivity index (χ0v) is 12.3. The van der Waals surface area contributed by atoms with Crippen molar-refractivity contribution in [2.24, 2.45) is 0 Å². The minimum atomic E-state index is -0.209. The Labute approximate surface area is 121 Å². The molecule has 6 heteroatoms. The van der Waals surface area contributed by atoms with Gasteiger partial charge in [-0.2, -0.15) is 0 Å². The molecule has 0 aromatic carbocycles. The number of aromatic nitrogens is 2. The van der Waals surface area contributed by atoms with E-state index < -0.39 is 0 Å². The van der Waals surface area contributed by atoms with Gasteiger partial charge in [-0.1, -0.05) is 6.07 Å². The summed E-state index contributed by atoms with van der Waals surface area (Å²) >= 11 is 1.59. The molecule has 0 N–H and O–H groups in total. The van der Waals surface area contributed by atoms with Crippen molar-refractivity contribution < 1.29 is 14.3 Å². The molecule has 0 unspecified atom stereocenters. The van der Waals surface area contributed by atoms with Crippen LogP contribution in [-0.4, -0.2) is 30.2 Å². The first-order valence-electron chi connectivity index (χ1n) is 6.20. The Bertz CT molecular complexity index is 566. The summed E-state index contributed by atoms with van der Waals surface area (Å²) < 4.78 is 9.63. The van der Waals surface area contributed by atoms with Crippen molar-refractivity contribution in [1.29, 1.82) is 0 Å². The van der Waals surface area contributed by atoms with Crippen molar-refractivity contribution in [3.05, 3.63) is 40.0 Å². The zero-order valence-electron chi connectivity index (χ0n) is 11.5. The summed E-state index contributed by atoms with van der Waals surface area (Å²) in [6, 6.07) is 3.81. The second-order valence-corrected chi connectivity index (χ2v) is 5.14. The van der Waals surface area contributed by atoms with Crippen LogP contribution in [0.25, 0.3) is 0 Å². The van der Waals surface area contributed by atoms with Gasteiger partial charge < -0.3 is 9.47 Å². The van der Waals surface area contributed by atoms with Crippen molar-refractivity contribution >= 4 is 17.3 Å². The lowest BCUT2D eigenvalue weighted by Crippen LogP contribution is -2.02. The standard InChI is InChI=1S/C14H16N2O3S/c1-18-12-5-3-10(8-15-12)7-13-16-11(9-20-13)4-6-14(17)19-2/h3,5,8-9H,4,6-7H2,1-2H3. The average molecular weight is 292 g/mol. The number of hydrogen-bond acceptors (Lipinski definition) is 6. The van der Waals surface area contributed by atoms with E-state index in [4.69, 9.17) is 4.74 Å². The highest BCUT2D eigenvalue weighted by Crippen LogP contribution is 2.16. The fraction of sp³-hybridized carbons (Fsp3) is 0.357. The number of nitrogens with zero attached hydrogens (tertiary/aromatic N) is 2. The summed E-state index contributed by atoms with van der Waals surface area (Å²) in [5.41, 5.74) is 2.01. The highest BCUT2D eigenvalue weighted by Gasteiger charge is 2.07. The molecule has 0 aliphatic rings. The number of thiazole rings is 1. The maximum absolute atomic E-state index is 11.1. The second-order valence-electron chi connectivity index (χ2n) is 4.19. The Balaban J connectivity index is 1.93. The molecule has 0 aliphatic heterocycles. The molecule has 0 saturated carbocycles. The monoisotopic (exact) mass is 292 g/mol. The minimum Gasteiger partial charge on any atom is -0.481 e. The van der Waals surface area contributed by atoms with Crippen LogP contribution in [0.2, 0.25) is 0 Å². The van der Waals surface area contributed by atoms with Crippen molar-refractivity contribution in [1.82, 2.24) is 9.97 Å². The molecule has 0 spiro atoms. The van der Waals surface area contributed by atoms with Gasteiger partial charge >= 0.3 is 5.97 Å². The van der Waals surface area contributed by atoms with Gasteiger partial charge in [0.1, 0.15) is 0 Å². The molecule has 2 aromatic rings. The van der Waals surface area contributed by atoms with Crippen LogP contribution in [-0.2, 0) is 22.4 Å². The number of aryl methyl sites for hydroxylation is 1. The van der Waals surface area contributed by atoms with E-state index in [1.165, 1.54) is 7.11 Å². The second kappa shape index (κ2) is 7.00. The van der Waals surface area contributed by atoms with Gasteiger partial charge in [-0.25, -0.2) is 9.97 Å². The fourth-order valence-corrected chi connectivity index (χ4v) is 2.55. The van der Waals surface area contributed by atoms with Crippen molar-refractivity contribution in [2.45, 2.75) is 19.3 Å². The largest absolute Gasteiger partial charge is 0.481 e. The number of rotatable bonds is 6. The molecular formula is C14H16N2O3S. The van der Waals surface area contributed by atoms with Crippen molar-refractivity contribution in [2.75, 3.05) is 14.2 Å². The number of carbonyl (C=O) groups is 1. The number of carbonyl (C=O) groups excluding carboxylic acids is 1. The molecule has 0 fully saturated rings. The van der Waals surface area contributed by atoms with Crippen LogP contribution >= 0.6 is 11.3 Å². The van der Waals surface area contributed by atoms with E-state index in [0.29, 0.717) is 18.7 Å². The maximum Gasteiger partial charge on any atom is 0.305 e. The molecule has 106 valence electrons. The molecule has 5 nitrogen and oxygen atoms in total. The molecule has 0 atom stereocenters. The Hall–Kier alpha value is -1.95. The smallest absolute Gasteiger partial charge is 0.305 e. The average Bonchev–Trinajstić information content (AvgIpc) is 2.93. The van der Waals surface area contributed by atoms with E-state index in [-0.39, 0.29) is 5.97 Å². The van der Waals surface area contributed by atoms with Crippen LogP contribution in [0, 0.1) is 0 Å². The normalized spacial score (nSPS) is 10.3. The lowest BCUT2D eigenvalue weighted by atomic mass is 10.2. The summed E-state index contributed by atoms with van der Waals surface area (Å²) in [6.45, 7) is 0. The highest BCUT2D eigenvalue weighted by atomic mass is 32.1. The van der Waals surface area contributed by atoms with E-state index in [1.807, 2.05) is 17.5 Å². The molecule has 2 heterocycles.